The second-order valence-corrected chi connectivity index (χ2v) is 8.26. The minimum atomic E-state index is -3.71. The molecule has 0 saturated carbocycles. The molecule has 28 heavy (non-hydrogen) atoms. The van der Waals surface area contributed by atoms with Crippen LogP contribution in [-0.2, 0) is 34.3 Å². The molecule has 0 fully saturated rings. The van der Waals surface area contributed by atoms with Crippen molar-refractivity contribution in [1.82, 2.24) is 0 Å². The Kier molecular flexibility index (Phi) is 13.3. The van der Waals surface area contributed by atoms with E-state index in [1.807, 2.05) is 13.8 Å². The Morgan fingerprint density at radius 3 is 2.14 bits per heavy atom. The van der Waals surface area contributed by atoms with E-state index in [9.17, 15) is 8.42 Å². The Balaban J connectivity index is 2.12. The monoisotopic (exact) mass is 420 g/mol. The molecule has 0 aliphatic carbocycles. The van der Waals surface area contributed by atoms with E-state index in [-0.39, 0.29) is 11.0 Å². The molecule has 9 heteroatoms. The van der Waals surface area contributed by atoms with E-state index in [2.05, 4.69) is 20.0 Å². The van der Waals surface area contributed by atoms with Crippen LogP contribution in [0.25, 0.3) is 0 Å². The Morgan fingerprint density at radius 2 is 1.54 bits per heavy atom. The van der Waals surface area contributed by atoms with Gasteiger partial charge >= 0.3 is 0 Å². The highest BCUT2D eigenvalue weighted by Gasteiger charge is 2.20. The lowest BCUT2D eigenvalue weighted by Crippen LogP contribution is -2.18. The van der Waals surface area contributed by atoms with Gasteiger partial charge in [-0.1, -0.05) is 63.1 Å². The van der Waals surface area contributed by atoms with E-state index in [4.69, 9.17) is 9.44 Å². The van der Waals surface area contributed by atoms with Crippen molar-refractivity contribution in [2.75, 3.05) is 6.61 Å². The van der Waals surface area contributed by atoms with Gasteiger partial charge in [0.2, 0.25) is 0 Å². The summed E-state index contributed by atoms with van der Waals surface area (Å²) >= 11 is 0. The highest BCUT2D eigenvalue weighted by Crippen LogP contribution is 2.20. The average Bonchev–Trinajstić information content (AvgIpc) is 2.68. The molecule has 1 unspecified atom stereocenters. The highest BCUT2D eigenvalue weighted by molar-refractivity contribution is 7.86. The summed E-state index contributed by atoms with van der Waals surface area (Å²) in [5.74, 6) is 0. The molecule has 1 aromatic rings. The third-order valence-corrected chi connectivity index (χ3v) is 5.76. The van der Waals surface area contributed by atoms with Gasteiger partial charge in [-0.3, -0.25) is 4.18 Å². The van der Waals surface area contributed by atoms with Crippen molar-refractivity contribution in [3.63, 3.8) is 0 Å². The lowest BCUT2D eigenvalue weighted by molar-refractivity contribution is -0.702. The first kappa shape index (κ1) is 25.0. The summed E-state index contributed by atoms with van der Waals surface area (Å²) in [5.41, 5.74) is 1.01. The van der Waals surface area contributed by atoms with Gasteiger partial charge in [0.15, 0.2) is 0 Å². The summed E-state index contributed by atoms with van der Waals surface area (Å²) in [6.07, 6.45) is 8.21. The van der Waals surface area contributed by atoms with Gasteiger partial charge in [-0.05, 0) is 53.4 Å². The van der Waals surface area contributed by atoms with Crippen LogP contribution in [0.3, 0.4) is 0 Å². The Morgan fingerprint density at radius 1 is 0.929 bits per heavy atom. The van der Waals surface area contributed by atoms with Crippen molar-refractivity contribution in [1.29, 1.82) is 0 Å². The van der Waals surface area contributed by atoms with Crippen LogP contribution in [0.1, 0.15) is 70.3 Å². The van der Waals surface area contributed by atoms with Crippen LogP contribution in [0, 0.1) is 6.92 Å². The Hall–Kier alpha value is -1.07. The predicted molar refractivity (Wildman–Crippen MR) is 102 cm³/mol. The zero-order valence-corrected chi connectivity index (χ0v) is 17.5. The normalized spacial score (nSPS) is 13.0. The zero-order valence-electron chi connectivity index (χ0n) is 16.7. The number of rotatable bonds is 17. The van der Waals surface area contributed by atoms with Crippen LogP contribution >= 0.6 is 0 Å². The largest absolute Gasteiger partial charge is 0.297 e. The Labute approximate surface area is 167 Å². The fraction of sp³-hybridized carbons (Fsp3) is 0.684. The van der Waals surface area contributed by atoms with Crippen molar-refractivity contribution in [2.24, 2.45) is 0 Å². The second-order valence-electron chi connectivity index (χ2n) is 6.69. The molecule has 0 aliphatic heterocycles. The van der Waals surface area contributed by atoms with Gasteiger partial charge in [0.05, 0.1) is 17.6 Å². The lowest BCUT2D eigenvalue weighted by atomic mass is 10.1. The zero-order chi connectivity index (χ0) is 20.7. The van der Waals surface area contributed by atoms with Crippen molar-refractivity contribution >= 4 is 10.1 Å². The fourth-order valence-electron chi connectivity index (χ4n) is 2.74. The maximum atomic E-state index is 12.4. The van der Waals surface area contributed by atoms with E-state index in [1.54, 1.807) is 24.3 Å². The van der Waals surface area contributed by atoms with Crippen molar-refractivity contribution in [2.45, 2.75) is 82.6 Å². The maximum Gasteiger partial charge on any atom is 0.297 e. The van der Waals surface area contributed by atoms with E-state index >= 15 is 0 Å². The number of benzene rings is 1. The van der Waals surface area contributed by atoms with Crippen LogP contribution < -0.4 is 0 Å². The predicted octanol–water partition coefficient (Wildman–Crippen LogP) is 4.88. The standard InChI is InChI=1S/C19H32O8S/c1-3-18(24-28(21,22)19-14-12-17(2)13-15-19)11-9-7-5-4-6-8-10-16-23-26-27-25-20/h12-15,18,20H,3-11,16H2,1-2H3. The molecule has 162 valence electrons. The van der Waals surface area contributed by atoms with E-state index in [0.29, 0.717) is 13.0 Å². The molecule has 0 heterocycles. The van der Waals surface area contributed by atoms with Gasteiger partial charge < -0.3 is 0 Å². The molecule has 0 saturated heterocycles. The first-order valence-electron chi connectivity index (χ1n) is 9.76. The van der Waals surface area contributed by atoms with Gasteiger partial charge in [0, 0.05) is 0 Å². The Bertz CT molecular complexity index is 603. The summed E-state index contributed by atoms with van der Waals surface area (Å²) in [7, 11) is -3.71. The number of unbranched alkanes of at least 4 members (excludes halogenated alkanes) is 6. The summed E-state index contributed by atoms with van der Waals surface area (Å²) in [6.45, 7) is 4.21. The molecule has 1 atom stereocenters. The molecule has 1 N–H and O–H groups in total. The summed E-state index contributed by atoms with van der Waals surface area (Å²) in [6, 6.07) is 6.71. The lowest BCUT2D eigenvalue weighted by Gasteiger charge is -2.16. The molecule has 0 aliphatic rings. The van der Waals surface area contributed by atoms with E-state index in [0.717, 1.165) is 56.9 Å². The molecule has 0 bridgehead atoms. The molecular formula is C19H32O8S. The van der Waals surface area contributed by atoms with Crippen LogP contribution in [-0.4, -0.2) is 26.4 Å². The van der Waals surface area contributed by atoms with Gasteiger partial charge in [0.25, 0.3) is 10.1 Å². The van der Waals surface area contributed by atoms with Crippen molar-refractivity contribution < 1.29 is 37.9 Å². The third-order valence-electron chi connectivity index (χ3n) is 4.39. The third kappa shape index (κ3) is 11.1. The quantitative estimate of drug-likeness (QED) is 0.165. The molecule has 0 spiro atoms. The van der Waals surface area contributed by atoms with Crippen molar-refractivity contribution in [3.05, 3.63) is 29.8 Å². The second kappa shape index (κ2) is 14.9. The first-order valence-corrected chi connectivity index (χ1v) is 11.2. The van der Waals surface area contributed by atoms with Gasteiger partial charge in [-0.2, -0.15) is 8.42 Å². The SMILES string of the molecule is CCC(CCCCCCCCCOOOOO)OS(=O)(=O)c1ccc(C)cc1. The van der Waals surface area contributed by atoms with Gasteiger partial charge in [-0.25, -0.2) is 10.1 Å². The minimum absolute atomic E-state index is 0.210. The smallest absolute Gasteiger partial charge is 0.263 e. The van der Waals surface area contributed by atoms with Crippen LogP contribution in [0.15, 0.2) is 29.2 Å². The maximum absolute atomic E-state index is 12.4. The molecule has 1 rings (SSSR count). The summed E-state index contributed by atoms with van der Waals surface area (Å²) in [5, 5.41) is 18.7. The van der Waals surface area contributed by atoms with E-state index < -0.39 is 10.1 Å². The molecule has 0 aromatic heterocycles. The molecule has 1 aromatic carbocycles. The number of hydrogen-bond acceptors (Lipinski definition) is 8. The van der Waals surface area contributed by atoms with E-state index in [1.165, 1.54) is 0 Å². The molecular weight excluding hydrogens is 388 g/mol. The van der Waals surface area contributed by atoms with Crippen LogP contribution in [0.5, 0.6) is 0 Å². The van der Waals surface area contributed by atoms with Gasteiger partial charge in [-0.15, -0.1) is 0 Å². The minimum Gasteiger partial charge on any atom is -0.263 e. The topological polar surface area (TPSA) is 101 Å². The summed E-state index contributed by atoms with van der Waals surface area (Å²) < 4.78 is 30.2. The summed E-state index contributed by atoms with van der Waals surface area (Å²) in [4.78, 5) is 4.77. The molecule has 8 nitrogen and oxygen atoms in total. The van der Waals surface area contributed by atoms with Gasteiger partial charge in [0.1, 0.15) is 0 Å². The average molecular weight is 421 g/mol. The van der Waals surface area contributed by atoms with Crippen LogP contribution in [0.4, 0.5) is 0 Å². The number of aryl methyl sites for hydroxylation is 1. The highest BCUT2D eigenvalue weighted by atomic mass is 32.2. The van der Waals surface area contributed by atoms with Crippen molar-refractivity contribution in [3.8, 4) is 0 Å². The number of hydrogen-bond donors (Lipinski definition) is 1. The van der Waals surface area contributed by atoms with Crippen LogP contribution in [0.2, 0.25) is 0 Å². The first-order chi connectivity index (χ1) is 13.5. The molecule has 0 amide bonds. The molecule has 0 radical (unpaired) electrons. The fourth-order valence-corrected chi connectivity index (χ4v) is 3.91.